The zero-order valence-electron chi connectivity index (χ0n) is 10.5. The average Bonchev–Trinajstić information content (AvgIpc) is 2.44. The summed E-state index contributed by atoms with van der Waals surface area (Å²) in [5.74, 6) is 0.277. The van der Waals surface area contributed by atoms with Gasteiger partial charge in [0.15, 0.2) is 5.78 Å². The molecule has 1 nitrogen and oxygen atoms in total. The third-order valence-electron chi connectivity index (χ3n) is 4.08. The maximum atomic E-state index is 12.0. The summed E-state index contributed by atoms with van der Waals surface area (Å²) in [6.07, 6.45) is 1.54. The molecule has 0 amide bonds. The molecule has 0 aromatic heterocycles. The Bertz CT molecular complexity index is 586. The summed E-state index contributed by atoms with van der Waals surface area (Å²) >= 11 is 0. The normalized spacial score (nSPS) is 22.6. The zero-order chi connectivity index (χ0) is 12.6. The van der Waals surface area contributed by atoms with Gasteiger partial charge in [0, 0.05) is 17.4 Å². The molecule has 0 fully saturated rings. The molecule has 0 N–H and O–H groups in total. The Kier molecular flexibility index (Phi) is 2.55. The fraction of sp³-hybridized carbons (Fsp3) is 0.235. The van der Waals surface area contributed by atoms with E-state index in [9.17, 15) is 4.79 Å². The largest absolute Gasteiger partial charge is 0.294 e. The van der Waals surface area contributed by atoms with E-state index < -0.39 is 0 Å². The maximum Gasteiger partial charge on any atom is 0.163 e. The smallest absolute Gasteiger partial charge is 0.163 e. The zero-order valence-corrected chi connectivity index (χ0v) is 10.5. The summed E-state index contributed by atoms with van der Waals surface area (Å²) in [6.45, 7) is 2.24. The molecule has 3 rings (SSSR count). The van der Waals surface area contributed by atoms with Crippen molar-refractivity contribution in [2.75, 3.05) is 0 Å². The van der Waals surface area contributed by atoms with Crippen LogP contribution in [0.5, 0.6) is 0 Å². The van der Waals surface area contributed by atoms with Crippen LogP contribution < -0.4 is 0 Å². The highest BCUT2D eigenvalue weighted by Crippen LogP contribution is 2.41. The number of hydrogen-bond donors (Lipinski definition) is 0. The van der Waals surface area contributed by atoms with Crippen molar-refractivity contribution in [2.24, 2.45) is 0 Å². The van der Waals surface area contributed by atoms with Gasteiger partial charge in [-0.3, -0.25) is 4.79 Å². The van der Waals surface area contributed by atoms with E-state index in [-0.39, 0.29) is 11.2 Å². The standard InChI is InChI=1S/C17H16O/c1-17(13-7-3-2-4-8-13)12-11-16(18)14-9-5-6-10-15(14)17/h2-10H,11-12H2,1H3/t17-/m1/s1. The fourth-order valence-corrected chi connectivity index (χ4v) is 2.95. The Labute approximate surface area is 107 Å². The molecule has 2 aromatic rings. The molecule has 90 valence electrons. The second kappa shape index (κ2) is 4.09. The molecular formula is C17H16O. The van der Waals surface area contributed by atoms with Gasteiger partial charge in [-0.15, -0.1) is 0 Å². The minimum Gasteiger partial charge on any atom is -0.294 e. The predicted molar refractivity (Wildman–Crippen MR) is 72.9 cm³/mol. The lowest BCUT2D eigenvalue weighted by Gasteiger charge is -2.35. The first-order valence-corrected chi connectivity index (χ1v) is 6.40. The van der Waals surface area contributed by atoms with E-state index in [1.165, 1.54) is 11.1 Å². The molecule has 2 aromatic carbocycles. The van der Waals surface area contributed by atoms with Gasteiger partial charge in [-0.2, -0.15) is 0 Å². The first-order chi connectivity index (χ1) is 8.72. The quantitative estimate of drug-likeness (QED) is 0.732. The Morgan fingerprint density at radius 2 is 1.61 bits per heavy atom. The van der Waals surface area contributed by atoms with Gasteiger partial charge in [-0.25, -0.2) is 0 Å². The second-order valence-electron chi connectivity index (χ2n) is 5.17. The number of benzene rings is 2. The monoisotopic (exact) mass is 236 g/mol. The van der Waals surface area contributed by atoms with Crippen molar-refractivity contribution < 1.29 is 4.79 Å². The lowest BCUT2D eigenvalue weighted by Crippen LogP contribution is -2.31. The molecule has 18 heavy (non-hydrogen) atoms. The highest BCUT2D eigenvalue weighted by atomic mass is 16.1. The number of rotatable bonds is 1. The number of fused-ring (bicyclic) bond motifs is 1. The summed E-state index contributed by atoms with van der Waals surface area (Å²) in [5, 5.41) is 0. The van der Waals surface area contributed by atoms with Crippen molar-refractivity contribution in [1.82, 2.24) is 0 Å². The minimum absolute atomic E-state index is 0.0359. The second-order valence-corrected chi connectivity index (χ2v) is 5.17. The molecule has 0 saturated heterocycles. The Morgan fingerprint density at radius 1 is 0.944 bits per heavy atom. The van der Waals surface area contributed by atoms with Crippen LogP contribution >= 0.6 is 0 Å². The van der Waals surface area contributed by atoms with Crippen molar-refractivity contribution >= 4 is 5.78 Å². The van der Waals surface area contributed by atoms with E-state index in [4.69, 9.17) is 0 Å². The van der Waals surface area contributed by atoms with Crippen LogP contribution in [0.15, 0.2) is 54.6 Å². The molecule has 1 atom stereocenters. The summed E-state index contributed by atoms with van der Waals surface area (Å²) in [5.41, 5.74) is 3.33. The highest BCUT2D eigenvalue weighted by Gasteiger charge is 2.36. The minimum atomic E-state index is -0.0359. The van der Waals surface area contributed by atoms with E-state index in [2.05, 4.69) is 37.3 Å². The molecule has 0 radical (unpaired) electrons. The van der Waals surface area contributed by atoms with Crippen LogP contribution in [-0.2, 0) is 5.41 Å². The lowest BCUT2D eigenvalue weighted by atomic mass is 9.67. The number of carbonyl (C=O) groups excluding carboxylic acids is 1. The Balaban J connectivity index is 2.20. The molecule has 0 bridgehead atoms. The molecule has 0 heterocycles. The molecular weight excluding hydrogens is 220 g/mol. The van der Waals surface area contributed by atoms with Crippen molar-refractivity contribution in [3.8, 4) is 0 Å². The van der Waals surface area contributed by atoms with E-state index in [0.717, 1.165) is 12.0 Å². The third-order valence-corrected chi connectivity index (χ3v) is 4.08. The number of Topliss-reactive ketones (excluding diaryl/α,β-unsaturated/α-hetero) is 1. The summed E-state index contributed by atoms with van der Waals surface area (Å²) in [6, 6.07) is 18.5. The van der Waals surface area contributed by atoms with Gasteiger partial charge in [0.25, 0.3) is 0 Å². The van der Waals surface area contributed by atoms with Gasteiger partial charge < -0.3 is 0 Å². The SMILES string of the molecule is C[C@]1(c2ccccc2)CCC(=O)c2ccccc21. The van der Waals surface area contributed by atoms with Gasteiger partial charge in [0.05, 0.1) is 0 Å². The number of ketones is 1. The summed E-state index contributed by atoms with van der Waals surface area (Å²) in [7, 11) is 0. The van der Waals surface area contributed by atoms with Gasteiger partial charge in [0.1, 0.15) is 0 Å². The molecule has 0 saturated carbocycles. The summed E-state index contributed by atoms with van der Waals surface area (Å²) in [4.78, 5) is 12.0. The molecule has 1 heteroatoms. The van der Waals surface area contributed by atoms with Gasteiger partial charge in [-0.1, -0.05) is 61.5 Å². The molecule has 1 aliphatic rings. The van der Waals surface area contributed by atoms with Gasteiger partial charge >= 0.3 is 0 Å². The van der Waals surface area contributed by atoms with Crippen molar-refractivity contribution in [3.05, 3.63) is 71.3 Å². The molecule has 0 spiro atoms. The van der Waals surface area contributed by atoms with E-state index in [1.54, 1.807) is 0 Å². The maximum absolute atomic E-state index is 12.0. The Hall–Kier alpha value is -1.89. The molecule has 0 aliphatic heterocycles. The van der Waals surface area contributed by atoms with Crippen molar-refractivity contribution in [2.45, 2.75) is 25.2 Å². The topological polar surface area (TPSA) is 17.1 Å². The third kappa shape index (κ3) is 1.59. The molecule has 1 aliphatic carbocycles. The average molecular weight is 236 g/mol. The Morgan fingerprint density at radius 3 is 2.39 bits per heavy atom. The van der Waals surface area contributed by atoms with Crippen LogP contribution in [-0.4, -0.2) is 5.78 Å². The first kappa shape index (κ1) is 11.2. The van der Waals surface area contributed by atoms with Crippen LogP contribution in [0.25, 0.3) is 0 Å². The van der Waals surface area contributed by atoms with E-state index in [1.807, 2.05) is 24.3 Å². The molecule has 0 unspecified atom stereocenters. The lowest BCUT2D eigenvalue weighted by molar-refractivity contribution is 0.0960. The van der Waals surface area contributed by atoms with Crippen LogP contribution in [0.2, 0.25) is 0 Å². The van der Waals surface area contributed by atoms with Crippen LogP contribution in [0, 0.1) is 0 Å². The number of hydrogen-bond acceptors (Lipinski definition) is 1. The van der Waals surface area contributed by atoms with Crippen LogP contribution in [0.4, 0.5) is 0 Å². The first-order valence-electron chi connectivity index (χ1n) is 6.40. The number of carbonyl (C=O) groups is 1. The predicted octanol–water partition coefficient (Wildman–Crippen LogP) is 3.97. The van der Waals surface area contributed by atoms with Gasteiger partial charge in [-0.05, 0) is 17.5 Å². The van der Waals surface area contributed by atoms with Gasteiger partial charge in [0.2, 0.25) is 0 Å². The summed E-state index contributed by atoms with van der Waals surface area (Å²) < 4.78 is 0. The fourth-order valence-electron chi connectivity index (χ4n) is 2.95. The van der Waals surface area contributed by atoms with E-state index >= 15 is 0 Å². The van der Waals surface area contributed by atoms with Crippen molar-refractivity contribution in [1.29, 1.82) is 0 Å². The van der Waals surface area contributed by atoms with Crippen LogP contribution in [0.1, 0.15) is 41.3 Å². The highest BCUT2D eigenvalue weighted by molar-refractivity contribution is 5.99. The van der Waals surface area contributed by atoms with Crippen molar-refractivity contribution in [3.63, 3.8) is 0 Å². The van der Waals surface area contributed by atoms with E-state index in [0.29, 0.717) is 6.42 Å². The van der Waals surface area contributed by atoms with Crippen LogP contribution in [0.3, 0.4) is 0 Å².